The summed E-state index contributed by atoms with van der Waals surface area (Å²) in [5.41, 5.74) is 0. The van der Waals surface area contributed by atoms with Crippen molar-refractivity contribution in [2.75, 3.05) is 0 Å². The third-order valence-corrected chi connectivity index (χ3v) is 1.03. The summed E-state index contributed by atoms with van der Waals surface area (Å²) >= 11 is 3.38. The molecule has 0 spiro atoms. The Labute approximate surface area is 129 Å². The molecule has 0 saturated heterocycles. The van der Waals surface area contributed by atoms with E-state index in [2.05, 4.69) is 12.6 Å². The Balaban J connectivity index is -0.000000107. The zero-order chi connectivity index (χ0) is 7.44. The van der Waals surface area contributed by atoms with Gasteiger partial charge in [-0.05, 0) is 0 Å². The number of hydrogen-bond donors (Lipinski definition) is 1. The third kappa shape index (κ3) is 14.3. The average molecular weight is 565 g/mol. The van der Waals surface area contributed by atoms with Crippen molar-refractivity contribution in [1.82, 2.24) is 0 Å². The van der Waals surface area contributed by atoms with Crippen LogP contribution in [-0.4, -0.2) is 17.2 Å². The minimum absolute atomic E-state index is 0. The zero-order valence-electron chi connectivity index (χ0n) is 5.97. The second-order valence-corrected chi connectivity index (χ2v) is 2.03. The molecule has 4 nitrogen and oxygen atoms in total. The van der Waals surface area contributed by atoms with E-state index in [9.17, 15) is 19.8 Å². The van der Waals surface area contributed by atoms with Crippen molar-refractivity contribution in [3.8, 4) is 0 Å². The van der Waals surface area contributed by atoms with E-state index >= 15 is 0 Å². The molecular formula is C4H4Au2NaO4S+5. The maximum atomic E-state index is 9.76. The van der Waals surface area contributed by atoms with Gasteiger partial charge in [-0.2, -0.15) is 12.6 Å². The first-order valence-electron chi connectivity index (χ1n) is 2.13. The fraction of sp³-hybridized carbons (Fsp3) is 0.500. The Morgan fingerprint density at radius 1 is 1.25 bits per heavy atom. The van der Waals surface area contributed by atoms with Gasteiger partial charge in [0.15, 0.2) is 0 Å². The maximum absolute atomic E-state index is 9.76. The van der Waals surface area contributed by atoms with Gasteiger partial charge in [0.25, 0.3) is 0 Å². The van der Waals surface area contributed by atoms with Crippen LogP contribution >= 0.6 is 12.6 Å². The Kier molecular flexibility index (Phi) is 25.0. The molecule has 0 N–H and O–H groups in total. The molecule has 0 amide bonds. The van der Waals surface area contributed by atoms with Gasteiger partial charge in [-0.3, -0.25) is 0 Å². The van der Waals surface area contributed by atoms with Crippen LogP contribution < -0.4 is 39.8 Å². The molecule has 68 valence electrons. The number of carboxylic acids is 2. The van der Waals surface area contributed by atoms with Gasteiger partial charge in [0.1, 0.15) is 0 Å². The number of hydrogen-bond acceptors (Lipinski definition) is 5. The van der Waals surface area contributed by atoms with E-state index in [0.717, 1.165) is 0 Å². The van der Waals surface area contributed by atoms with Crippen molar-refractivity contribution in [1.29, 1.82) is 0 Å². The number of carboxylic acid groups (broad SMARTS) is 2. The Bertz CT molecular complexity index is 145. The molecule has 0 bridgehead atoms. The molecule has 0 fully saturated rings. The molecule has 1 atom stereocenters. The van der Waals surface area contributed by atoms with Crippen LogP contribution in [0.15, 0.2) is 0 Å². The molecule has 0 heterocycles. The van der Waals surface area contributed by atoms with Gasteiger partial charge >= 0.3 is 74.3 Å². The van der Waals surface area contributed by atoms with Crippen molar-refractivity contribution in [2.45, 2.75) is 11.7 Å². The zero-order valence-corrected chi connectivity index (χ0v) is 13.2. The van der Waals surface area contributed by atoms with Crippen LogP contribution in [0.3, 0.4) is 0 Å². The van der Waals surface area contributed by atoms with E-state index in [0.29, 0.717) is 0 Å². The van der Waals surface area contributed by atoms with E-state index in [1.807, 2.05) is 0 Å². The van der Waals surface area contributed by atoms with Gasteiger partial charge in [-0.15, -0.1) is 0 Å². The van der Waals surface area contributed by atoms with E-state index in [1.165, 1.54) is 0 Å². The van der Waals surface area contributed by atoms with Crippen LogP contribution in [0.25, 0.3) is 0 Å². The molecule has 0 aliphatic rings. The quantitative estimate of drug-likeness (QED) is 0.274. The van der Waals surface area contributed by atoms with Crippen LogP contribution in [0.5, 0.6) is 0 Å². The molecule has 0 aliphatic heterocycles. The van der Waals surface area contributed by atoms with Crippen LogP contribution in [0.1, 0.15) is 6.42 Å². The molecule has 0 aromatic heterocycles. The second-order valence-electron chi connectivity index (χ2n) is 1.41. The summed E-state index contributed by atoms with van der Waals surface area (Å²) < 4.78 is 0. The molecule has 0 saturated carbocycles. The third-order valence-electron chi connectivity index (χ3n) is 0.632. The fourth-order valence-corrected chi connectivity index (χ4v) is 0.390. The molecule has 0 aromatic rings. The van der Waals surface area contributed by atoms with Crippen molar-refractivity contribution in [3.63, 3.8) is 0 Å². The van der Waals surface area contributed by atoms with Crippen LogP contribution in [0.2, 0.25) is 0 Å². The Morgan fingerprint density at radius 2 is 1.58 bits per heavy atom. The van der Waals surface area contributed by atoms with E-state index in [-0.39, 0.29) is 74.3 Å². The largest absolute Gasteiger partial charge is 3.00 e. The molecular weight excluding hydrogens is 561 g/mol. The van der Waals surface area contributed by atoms with Gasteiger partial charge in [-0.1, -0.05) is 0 Å². The van der Waals surface area contributed by atoms with Crippen LogP contribution in [0, 0.1) is 0 Å². The molecule has 0 radical (unpaired) electrons. The number of carbonyl (C=O) groups is 2. The van der Waals surface area contributed by atoms with Crippen molar-refractivity contribution >= 4 is 24.6 Å². The minimum Gasteiger partial charge on any atom is -0.550 e. The second kappa shape index (κ2) is 12.8. The normalized spacial score (nSPS) is 9.42. The smallest absolute Gasteiger partial charge is 0.550 e. The Hall–Kier alpha value is 1.77. The number of thiol groups is 1. The Morgan fingerprint density at radius 3 is 1.67 bits per heavy atom. The van der Waals surface area contributed by atoms with E-state index < -0.39 is 23.6 Å². The van der Waals surface area contributed by atoms with Gasteiger partial charge < -0.3 is 19.8 Å². The maximum Gasteiger partial charge on any atom is 3.00 e. The molecule has 8 heteroatoms. The summed E-state index contributed by atoms with van der Waals surface area (Å²) in [6.07, 6.45) is -0.620. The molecule has 0 aliphatic carbocycles. The standard InChI is InChI=1S/C4H6O4S.2Au.Na/c5-3(6)1-2(9)4(7)8;;;/h2,9H,1H2,(H,5,6)(H,7,8);;;/q;2*+3;+1/p-2. The number of aliphatic carboxylic acids is 2. The predicted octanol–water partition coefficient (Wildman–Crippen LogP) is -5.83. The van der Waals surface area contributed by atoms with Crippen molar-refractivity contribution in [3.05, 3.63) is 0 Å². The predicted molar refractivity (Wildman–Crippen MR) is 27.4 cm³/mol. The molecule has 0 aromatic carbocycles. The SMILES string of the molecule is O=C([O-])CC(S)C(=O)[O-].[Au+3].[Au+3].[Na+]. The van der Waals surface area contributed by atoms with Crippen LogP contribution in [-0.2, 0) is 54.3 Å². The topological polar surface area (TPSA) is 80.3 Å². The monoisotopic (exact) mass is 565 g/mol. The van der Waals surface area contributed by atoms with Gasteiger partial charge in [0, 0.05) is 17.6 Å². The average Bonchev–Trinajstić information content (AvgIpc) is 1.63. The van der Waals surface area contributed by atoms with Crippen molar-refractivity contribution < 1.29 is 94.1 Å². The minimum atomic E-state index is -1.50. The van der Waals surface area contributed by atoms with E-state index in [1.54, 1.807) is 0 Å². The first-order valence-corrected chi connectivity index (χ1v) is 2.64. The molecule has 12 heavy (non-hydrogen) atoms. The summed E-state index contributed by atoms with van der Waals surface area (Å²) in [6, 6.07) is 0. The fourth-order valence-electron chi connectivity index (χ4n) is 0.241. The first kappa shape index (κ1) is 23.5. The first-order chi connectivity index (χ1) is 4.04. The van der Waals surface area contributed by atoms with E-state index in [4.69, 9.17) is 0 Å². The molecule has 1 unspecified atom stereocenters. The summed E-state index contributed by atoms with van der Waals surface area (Å²) in [6.45, 7) is 0. The summed E-state index contributed by atoms with van der Waals surface area (Å²) in [4.78, 5) is 19.4. The summed E-state index contributed by atoms with van der Waals surface area (Å²) in [5, 5.41) is 18.2. The summed E-state index contributed by atoms with van der Waals surface area (Å²) in [7, 11) is 0. The van der Waals surface area contributed by atoms with Gasteiger partial charge in [-0.25, -0.2) is 0 Å². The number of carbonyl (C=O) groups excluding carboxylic acids is 2. The van der Waals surface area contributed by atoms with Gasteiger partial charge in [0.2, 0.25) is 0 Å². The summed E-state index contributed by atoms with van der Waals surface area (Å²) in [5.74, 6) is -2.94. The van der Waals surface area contributed by atoms with Gasteiger partial charge in [0.05, 0.1) is 5.97 Å². The number of rotatable bonds is 3. The van der Waals surface area contributed by atoms with Crippen molar-refractivity contribution in [2.24, 2.45) is 0 Å². The van der Waals surface area contributed by atoms with Crippen LogP contribution in [0.4, 0.5) is 0 Å². The molecule has 0 rings (SSSR count).